The van der Waals surface area contributed by atoms with Crippen LogP contribution in [0.3, 0.4) is 0 Å². The maximum Gasteiger partial charge on any atom is 0.273 e. The summed E-state index contributed by atoms with van der Waals surface area (Å²) < 4.78 is 5.53. The summed E-state index contributed by atoms with van der Waals surface area (Å²) in [6.45, 7) is 1.93. The summed E-state index contributed by atoms with van der Waals surface area (Å²) in [6.07, 6.45) is 0. The van der Waals surface area contributed by atoms with Crippen LogP contribution in [0.25, 0.3) is 0 Å². The first-order valence-electron chi connectivity index (χ1n) is 5.30. The first-order chi connectivity index (χ1) is 8.49. The van der Waals surface area contributed by atoms with E-state index in [2.05, 4.69) is 21.2 Å². The lowest BCUT2D eigenvalue weighted by Gasteiger charge is -2.18. The number of ether oxygens (including phenoxy) is 1. The number of nitrogens with zero attached hydrogens (tertiary/aromatic N) is 1. The number of benzene rings is 1. The van der Waals surface area contributed by atoms with Gasteiger partial charge in [-0.2, -0.15) is 0 Å². The zero-order valence-electron chi connectivity index (χ0n) is 10.1. The van der Waals surface area contributed by atoms with Gasteiger partial charge in [-0.05, 0) is 28.9 Å². The number of hydrogen-bond acceptors (Lipinski definition) is 5. The number of aliphatic hydroxyl groups excluding tert-OH is 1. The minimum absolute atomic E-state index is 0.0553. The molecule has 0 saturated heterocycles. The molecule has 0 heterocycles. The van der Waals surface area contributed by atoms with Gasteiger partial charge in [-0.1, -0.05) is 0 Å². The number of nitrogens with one attached hydrogen (secondary N) is 1. The molecule has 0 aromatic heterocycles. The van der Waals surface area contributed by atoms with Crippen molar-refractivity contribution in [2.45, 2.75) is 13.0 Å². The molecular weight excluding hydrogens is 304 g/mol. The van der Waals surface area contributed by atoms with Crippen LogP contribution in [0.2, 0.25) is 0 Å². The zero-order valence-corrected chi connectivity index (χ0v) is 11.7. The van der Waals surface area contributed by atoms with E-state index < -0.39 is 4.92 Å². The van der Waals surface area contributed by atoms with Crippen LogP contribution in [0.5, 0.6) is 0 Å². The van der Waals surface area contributed by atoms with E-state index in [1.807, 2.05) is 0 Å². The molecule has 6 nitrogen and oxygen atoms in total. The van der Waals surface area contributed by atoms with Crippen LogP contribution in [-0.2, 0) is 4.74 Å². The lowest BCUT2D eigenvalue weighted by Crippen LogP contribution is -2.28. The molecule has 0 aliphatic carbocycles. The summed E-state index contributed by atoms with van der Waals surface area (Å²) in [6, 6.07) is 2.85. The molecule has 18 heavy (non-hydrogen) atoms. The van der Waals surface area contributed by atoms with Crippen molar-refractivity contribution in [3.05, 3.63) is 32.3 Å². The Kier molecular flexibility index (Phi) is 5.52. The number of anilines is 1. The van der Waals surface area contributed by atoms with Gasteiger partial charge in [-0.15, -0.1) is 0 Å². The molecule has 1 aromatic rings. The van der Waals surface area contributed by atoms with E-state index in [1.54, 1.807) is 20.1 Å². The predicted octanol–water partition coefficient (Wildman–Crippen LogP) is 2.08. The number of methoxy groups -OCH3 is 1. The van der Waals surface area contributed by atoms with Crippen LogP contribution < -0.4 is 5.32 Å². The molecule has 0 amide bonds. The highest BCUT2D eigenvalue weighted by Crippen LogP contribution is 2.30. The smallest absolute Gasteiger partial charge is 0.273 e. The van der Waals surface area contributed by atoms with Gasteiger partial charge in [0, 0.05) is 28.9 Å². The van der Waals surface area contributed by atoms with Crippen molar-refractivity contribution in [3.8, 4) is 0 Å². The average Bonchev–Trinajstić information content (AvgIpc) is 2.32. The van der Waals surface area contributed by atoms with E-state index in [9.17, 15) is 10.1 Å². The second-order valence-electron chi connectivity index (χ2n) is 3.85. The van der Waals surface area contributed by atoms with Gasteiger partial charge < -0.3 is 15.2 Å². The summed E-state index contributed by atoms with van der Waals surface area (Å²) in [5, 5.41) is 23.0. The molecule has 1 unspecified atom stereocenters. The minimum Gasteiger partial charge on any atom is -0.394 e. The van der Waals surface area contributed by atoms with Gasteiger partial charge in [0.1, 0.15) is 0 Å². The molecule has 0 bridgehead atoms. The highest BCUT2D eigenvalue weighted by molar-refractivity contribution is 9.10. The maximum atomic E-state index is 10.8. The van der Waals surface area contributed by atoms with E-state index in [0.717, 1.165) is 0 Å². The number of hydrogen-bond donors (Lipinski definition) is 2. The first-order valence-corrected chi connectivity index (χ1v) is 6.09. The summed E-state index contributed by atoms with van der Waals surface area (Å²) in [4.78, 5) is 10.3. The highest BCUT2D eigenvalue weighted by atomic mass is 79.9. The quantitative estimate of drug-likeness (QED) is 0.619. The van der Waals surface area contributed by atoms with Crippen LogP contribution >= 0.6 is 15.9 Å². The molecular formula is C11H15BrN2O4. The van der Waals surface area contributed by atoms with E-state index >= 15 is 0 Å². The Morgan fingerprint density at radius 1 is 1.61 bits per heavy atom. The molecule has 7 heteroatoms. The van der Waals surface area contributed by atoms with Crippen molar-refractivity contribution < 1.29 is 14.8 Å². The second-order valence-corrected chi connectivity index (χ2v) is 4.71. The molecule has 0 radical (unpaired) electrons. The van der Waals surface area contributed by atoms with E-state index in [4.69, 9.17) is 9.84 Å². The van der Waals surface area contributed by atoms with Crippen LogP contribution in [-0.4, -0.2) is 36.4 Å². The van der Waals surface area contributed by atoms with Gasteiger partial charge >= 0.3 is 0 Å². The van der Waals surface area contributed by atoms with Crippen LogP contribution in [0.1, 0.15) is 5.56 Å². The summed E-state index contributed by atoms with van der Waals surface area (Å²) in [5.74, 6) is 0. The van der Waals surface area contributed by atoms with Gasteiger partial charge in [-0.3, -0.25) is 10.1 Å². The largest absolute Gasteiger partial charge is 0.394 e. The van der Waals surface area contributed by atoms with Crippen molar-refractivity contribution in [3.63, 3.8) is 0 Å². The van der Waals surface area contributed by atoms with Crippen molar-refractivity contribution in [2.24, 2.45) is 0 Å². The van der Waals surface area contributed by atoms with Crippen LogP contribution in [0.4, 0.5) is 11.4 Å². The molecule has 100 valence electrons. The third-order valence-electron chi connectivity index (χ3n) is 2.43. The predicted molar refractivity (Wildman–Crippen MR) is 71.9 cm³/mol. The van der Waals surface area contributed by atoms with Crippen molar-refractivity contribution >= 4 is 27.3 Å². The number of aliphatic hydroxyl groups is 1. The Bertz CT molecular complexity index is 439. The number of nitro benzene ring substituents is 1. The van der Waals surface area contributed by atoms with Crippen molar-refractivity contribution in [1.82, 2.24) is 0 Å². The molecule has 0 aliphatic rings. The third-order valence-corrected chi connectivity index (χ3v) is 3.09. The molecule has 1 atom stereocenters. The molecule has 1 rings (SSSR count). The molecule has 0 saturated carbocycles. The zero-order chi connectivity index (χ0) is 13.7. The highest BCUT2D eigenvalue weighted by Gasteiger charge is 2.16. The Balaban J connectivity index is 2.97. The lowest BCUT2D eigenvalue weighted by atomic mass is 10.1. The SMILES string of the molecule is COCC(CO)Nc1cc(C)c([N+](=O)[O-])cc1Br. The summed E-state index contributed by atoms with van der Waals surface area (Å²) in [5.41, 5.74) is 1.30. The average molecular weight is 319 g/mol. The standard InChI is InChI=1S/C11H15BrN2O4/c1-7-3-10(13-8(5-15)6-18-2)9(12)4-11(7)14(16)17/h3-4,8,13,15H,5-6H2,1-2H3. The fourth-order valence-corrected chi connectivity index (χ4v) is 1.99. The van der Waals surface area contributed by atoms with E-state index in [1.165, 1.54) is 6.07 Å². The Hall–Kier alpha value is -1.18. The van der Waals surface area contributed by atoms with Gasteiger partial charge in [0.05, 0.1) is 24.2 Å². The van der Waals surface area contributed by atoms with Gasteiger partial charge in [0.15, 0.2) is 0 Å². The van der Waals surface area contributed by atoms with Crippen molar-refractivity contribution in [2.75, 3.05) is 25.6 Å². The Morgan fingerprint density at radius 2 is 2.28 bits per heavy atom. The fourth-order valence-electron chi connectivity index (χ4n) is 1.54. The molecule has 0 aliphatic heterocycles. The number of halogens is 1. The maximum absolute atomic E-state index is 10.8. The number of nitro groups is 1. The van der Waals surface area contributed by atoms with Gasteiger partial charge in [0.25, 0.3) is 5.69 Å². The third kappa shape index (κ3) is 3.66. The summed E-state index contributed by atoms with van der Waals surface area (Å²) in [7, 11) is 1.54. The topological polar surface area (TPSA) is 84.6 Å². The normalized spacial score (nSPS) is 12.2. The second kappa shape index (κ2) is 6.67. The van der Waals surface area contributed by atoms with E-state index in [-0.39, 0.29) is 18.3 Å². The van der Waals surface area contributed by atoms with E-state index in [0.29, 0.717) is 22.3 Å². The fraction of sp³-hybridized carbons (Fsp3) is 0.455. The van der Waals surface area contributed by atoms with Crippen LogP contribution in [0, 0.1) is 17.0 Å². The first kappa shape index (κ1) is 14.9. The molecule has 0 fully saturated rings. The Morgan fingerprint density at radius 3 is 2.78 bits per heavy atom. The van der Waals surface area contributed by atoms with Crippen molar-refractivity contribution in [1.29, 1.82) is 0 Å². The lowest BCUT2D eigenvalue weighted by molar-refractivity contribution is -0.385. The van der Waals surface area contributed by atoms with Crippen LogP contribution in [0.15, 0.2) is 16.6 Å². The van der Waals surface area contributed by atoms with Gasteiger partial charge in [-0.25, -0.2) is 0 Å². The number of rotatable bonds is 6. The van der Waals surface area contributed by atoms with Gasteiger partial charge in [0.2, 0.25) is 0 Å². The Labute approximate surface area is 113 Å². The molecule has 2 N–H and O–H groups in total. The monoisotopic (exact) mass is 318 g/mol. The molecule has 1 aromatic carbocycles. The number of aryl methyl sites for hydroxylation is 1. The summed E-state index contributed by atoms with van der Waals surface area (Å²) >= 11 is 3.27. The minimum atomic E-state index is -0.428. The molecule has 0 spiro atoms.